The number of benzene rings is 2. The summed E-state index contributed by atoms with van der Waals surface area (Å²) in [6.45, 7) is 3.38. The van der Waals surface area contributed by atoms with Gasteiger partial charge in [0.15, 0.2) is 0 Å². The minimum atomic E-state index is -5.08. The lowest BCUT2D eigenvalue weighted by Gasteiger charge is -2.14. The van der Waals surface area contributed by atoms with E-state index in [2.05, 4.69) is 11.4 Å². The molecular formula is C21H21F3N2O5S. The van der Waals surface area contributed by atoms with Crippen molar-refractivity contribution in [2.75, 3.05) is 13.7 Å². The molecule has 0 bridgehead atoms. The number of aliphatic carboxylic acids is 1. The molecule has 0 spiro atoms. The van der Waals surface area contributed by atoms with Crippen molar-refractivity contribution in [3.8, 4) is 5.75 Å². The molecule has 7 nitrogen and oxygen atoms in total. The highest BCUT2D eigenvalue weighted by atomic mass is 32.2. The first kappa shape index (κ1) is 23.6. The van der Waals surface area contributed by atoms with Gasteiger partial charge in [0, 0.05) is 18.1 Å². The lowest BCUT2D eigenvalue weighted by Crippen LogP contribution is -2.21. The Hall–Kier alpha value is -3.05. The van der Waals surface area contributed by atoms with Crippen LogP contribution in [-0.4, -0.2) is 43.3 Å². The molecule has 4 rings (SSSR count). The third-order valence-corrected chi connectivity index (χ3v) is 6.86. The van der Waals surface area contributed by atoms with Gasteiger partial charge in [-0.05, 0) is 48.7 Å². The van der Waals surface area contributed by atoms with Crippen LogP contribution in [0, 0.1) is 6.92 Å². The molecule has 3 aromatic rings. The Morgan fingerprint density at radius 1 is 1.16 bits per heavy atom. The summed E-state index contributed by atoms with van der Waals surface area (Å²) >= 11 is 0. The van der Waals surface area contributed by atoms with E-state index in [9.17, 15) is 21.6 Å². The van der Waals surface area contributed by atoms with Crippen molar-refractivity contribution in [1.29, 1.82) is 0 Å². The Morgan fingerprint density at radius 3 is 2.44 bits per heavy atom. The topological polar surface area (TPSA) is 97.6 Å². The zero-order chi connectivity index (χ0) is 23.7. The largest absolute Gasteiger partial charge is 0.495 e. The number of nitrogens with zero attached hydrogens (tertiary/aromatic N) is 1. The second-order valence-electron chi connectivity index (χ2n) is 7.10. The molecule has 0 aliphatic carbocycles. The van der Waals surface area contributed by atoms with Crippen molar-refractivity contribution < 1.29 is 36.2 Å². The van der Waals surface area contributed by atoms with Crippen molar-refractivity contribution in [2.24, 2.45) is 0 Å². The van der Waals surface area contributed by atoms with Crippen LogP contribution < -0.4 is 10.1 Å². The number of carboxylic acids is 1. The number of halogens is 3. The Kier molecular flexibility index (Phi) is 6.51. The minimum absolute atomic E-state index is 0.224. The maximum Gasteiger partial charge on any atom is 0.490 e. The van der Waals surface area contributed by atoms with Crippen LogP contribution in [0.4, 0.5) is 13.2 Å². The highest BCUT2D eigenvalue weighted by Crippen LogP contribution is 2.34. The van der Waals surface area contributed by atoms with Gasteiger partial charge in [-0.15, -0.1) is 0 Å². The summed E-state index contributed by atoms with van der Waals surface area (Å²) in [5, 5.41) is 11.5. The van der Waals surface area contributed by atoms with Crippen molar-refractivity contribution in [1.82, 2.24) is 9.29 Å². The van der Waals surface area contributed by atoms with Gasteiger partial charge in [-0.1, -0.05) is 24.3 Å². The van der Waals surface area contributed by atoms with E-state index < -0.39 is 22.2 Å². The minimum Gasteiger partial charge on any atom is -0.495 e. The van der Waals surface area contributed by atoms with Gasteiger partial charge in [0.05, 0.1) is 12.6 Å². The van der Waals surface area contributed by atoms with E-state index in [-0.39, 0.29) is 4.90 Å². The average molecular weight is 470 g/mol. The second kappa shape index (κ2) is 8.83. The van der Waals surface area contributed by atoms with E-state index in [1.807, 2.05) is 12.1 Å². The van der Waals surface area contributed by atoms with Gasteiger partial charge in [-0.2, -0.15) is 13.2 Å². The van der Waals surface area contributed by atoms with E-state index in [1.165, 1.54) is 11.1 Å². The summed E-state index contributed by atoms with van der Waals surface area (Å²) in [5.41, 5.74) is 3.59. The molecule has 0 amide bonds. The van der Waals surface area contributed by atoms with Crippen molar-refractivity contribution in [3.05, 3.63) is 59.3 Å². The Bertz CT molecular complexity index is 1270. The molecule has 0 saturated carbocycles. The van der Waals surface area contributed by atoms with Gasteiger partial charge >= 0.3 is 12.1 Å². The van der Waals surface area contributed by atoms with E-state index in [0.717, 1.165) is 41.5 Å². The number of carbonyl (C=O) groups is 1. The number of methoxy groups -OCH3 is 1. The third-order valence-electron chi connectivity index (χ3n) is 5.00. The zero-order valence-corrected chi connectivity index (χ0v) is 18.0. The fraction of sp³-hybridized carbons (Fsp3) is 0.286. The van der Waals surface area contributed by atoms with Crippen LogP contribution in [0.1, 0.15) is 16.7 Å². The highest BCUT2D eigenvalue weighted by molar-refractivity contribution is 7.90. The summed E-state index contributed by atoms with van der Waals surface area (Å²) in [6, 6.07) is 11.1. The average Bonchev–Trinajstić information content (AvgIpc) is 2.98. The third kappa shape index (κ3) is 4.44. The maximum atomic E-state index is 13.5. The first-order valence-electron chi connectivity index (χ1n) is 9.50. The fourth-order valence-corrected chi connectivity index (χ4v) is 5.37. The molecular weight excluding hydrogens is 449 g/mol. The number of hydrogen-bond donors (Lipinski definition) is 2. The number of alkyl halides is 3. The molecule has 0 fully saturated rings. The molecule has 0 unspecified atom stereocenters. The monoisotopic (exact) mass is 470 g/mol. The van der Waals surface area contributed by atoms with Crippen LogP contribution in [-0.2, 0) is 27.8 Å². The Balaban J connectivity index is 0.000000360. The summed E-state index contributed by atoms with van der Waals surface area (Å²) in [4.78, 5) is 9.12. The van der Waals surface area contributed by atoms with E-state index in [4.69, 9.17) is 14.6 Å². The van der Waals surface area contributed by atoms with Gasteiger partial charge in [-0.3, -0.25) is 0 Å². The van der Waals surface area contributed by atoms with Crippen molar-refractivity contribution >= 4 is 26.9 Å². The molecule has 0 radical (unpaired) electrons. The van der Waals surface area contributed by atoms with Gasteiger partial charge < -0.3 is 15.2 Å². The summed E-state index contributed by atoms with van der Waals surface area (Å²) < 4.78 is 65.4. The van der Waals surface area contributed by atoms with Gasteiger partial charge in [0.1, 0.15) is 10.6 Å². The number of nitrogens with one attached hydrogen (secondary N) is 1. The molecule has 2 heterocycles. The molecule has 11 heteroatoms. The van der Waals surface area contributed by atoms with Crippen molar-refractivity contribution in [2.45, 2.75) is 31.0 Å². The number of carboxylic acid groups (broad SMARTS) is 1. The molecule has 32 heavy (non-hydrogen) atoms. The normalized spacial score (nSPS) is 13.8. The van der Waals surface area contributed by atoms with E-state index >= 15 is 0 Å². The van der Waals surface area contributed by atoms with Crippen molar-refractivity contribution in [3.63, 3.8) is 0 Å². The number of hydrogen-bond acceptors (Lipinski definition) is 5. The number of aromatic nitrogens is 1. The van der Waals surface area contributed by atoms with Gasteiger partial charge in [0.25, 0.3) is 10.0 Å². The predicted octanol–water partition coefficient (Wildman–Crippen LogP) is 3.47. The number of aryl methyl sites for hydroxylation is 1. The summed E-state index contributed by atoms with van der Waals surface area (Å²) in [7, 11) is -2.26. The number of rotatable bonds is 3. The first-order valence-corrected chi connectivity index (χ1v) is 10.9. The molecule has 0 saturated heterocycles. The predicted molar refractivity (Wildman–Crippen MR) is 111 cm³/mol. The lowest BCUT2D eigenvalue weighted by molar-refractivity contribution is -0.192. The van der Waals surface area contributed by atoms with Crippen LogP contribution in [0.15, 0.2) is 47.5 Å². The summed E-state index contributed by atoms with van der Waals surface area (Å²) in [5.74, 6) is -2.39. The quantitative estimate of drug-likeness (QED) is 0.609. The maximum absolute atomic E-state index is 13.5. The molecule has 1 aliphatic rings. The summed E-state index contributed by atoms with van der Waals surface area (Å²) in [6.07, 6.45) is -2.51. The second-order valence-corrected chi connectivity index (χ2v) is 8.85. The SMILES string of the molecule is COc1cccc(C)c1S(=O)(=O)n1cc2c3c(cccc31)CNCC2.O=C(O)C(F)(F)F. The first-order chi connectivity index (χ1) is 15.0. The van der Waals surface area contributed by atoms with Crippen LogP contribution in [0.5, 0.6) is 5.75 Å². The molecule has 1 aliphatic heterocycles. The van der Waals surface area contributed by atoms with Crippen LogP contribution in [0.25, 0.3) is 10.9 Å². The highest BCUT2D eigenvalue weighted by Gasteiger charge is 2.38. The van der Waals surface area contributed by atoms with Gasteiger partial charge in [-0.25, -0.2) is 17.2 Å². The fourth-order valence-electron chi connectivity index (χ4n) is 3.61. The van der Waals surface area contributed by atoms with Crippen LogP contribution >= 0.6 is 0 Å². The Morgan fingerprint density at radius 2 is 1.81 bits per heavy atom. The standard InChI is InChI=1S/C19H20N2O3S.C2HF3O2/c1-13-5-3-8-17(24-2)19(13)25(22,23)21-12-15-9-10-20-11-14-6-4-7-16(21)18(14)15;3-2(4,5)1(6)7/h3-8,12,20H,9-11H2,1-2H3;(H,6,7). The van der Waals surface area contributed by atoms with Crippen LogP contribution in [0.2, 0.25) is 0 Å². The number of ether oxygens (including phenoxy) is 1. The van der Waals surface area contributed by atoms with E-state index in [0.29, 0.717) is 11.3 Å². The lowest BCUT2D eigenvalue weighted by atomic mass is 10.1. The van der Waals surface area contributed by atoms with E-state index in [1.54, 1.807) is 31.3 Å². The molecule has 2 N–H and O–H groups in total. The zero-order valence-electron chi connectivity index (χ0n) is 17.2. The Labute approximate surface area is 182 Å². The molecule has 172 valence electrons. The smallest absolute Gasteiger partial charge is 0.490 e. The molecule has 0 atom stereocenters. The molecule has 2 aromatic carbocycles. The molecule has 1 aromatic heterocycles. The van der Waals surface area contributed by atoms with Gasteiger partial charge in [0.2, 0.25) is 0 Å². The van der Waals surface area contributed by atoms with Crippen LogP contribution in [0.3, 0.4) is 0 Å².